The van der Waals surface area contributed by atoms with Gasteiger partial charge in [0.25, 0.3) is 0 Å². The SMILES string of the molecule is CC(=O)NC(Cc1ccc(CN)cc1)c1nnc(-c2cccc(OC(F)(F)F)c2)o1.Cl. The van der Waals surface area contributed by atoms with Crippen LogP contribution in [0.15, 0.2) is 52.9 Å². The van der Waals surface area contributed by atoms with Gasteiger partial charge in [0.15, 0.2) is 0 Å². The lowest BCUT2D eigenvalue weighted by Crippen LogP contribution is -2.28. The first-order valence-electron chi connectivity index (χ1n) is 8.98. The molecule has 0 radical (unpaired) electrons. The van der Waals surface area contributed by atoms with E-state index in [1.165, 1.54) is 25.1 Å². The molecule has 1 heterocycles. The first-order valence-corrected chi connectivity index (χ1v) is 8.98. The summed E-state index contributed by atoms with van der Waals surface area (Å²) in [6.45, 7) is 1.78. The third kappa shape index (κ3) is 6.97. The molecule has 0 aliphatic carbocycles. The maximum absolute atomic E-state index is 12.4. The number of rotatable bonds is 7. The lowest BCUT2D eigenvalue weighted by molar-refractivity contribution is -0.274. The lowest BCUT2D eigenvalue weighted by Gasteiger charge is -2.14. The number of ether oxygens (including phenoxy) is 1. The molecule has 0 saturated carbocycles. The van der Waals surface area contributed by atoms with Gasteiger partial charge in [-0.3, -0.25) is 4.79 Å². The minimum absolute atomic E-state index is 0. The molecule has 0 saturated heterocycles. The van der Waals surface area contributed by atoms with E-state index in [1.54, 1.807) is 0 Å². The van der Waals surface area contributed by atoms with Crippen molar-refractivity contribution in [2.45, 2.75) is 32.3 Å². The van der Waals surface area contributed by atoms with E-state index in [1.807, 2.05) is 24.3 Å². The van der Waals surface area contributed by atoms with Gasteiger partial charge in [-0.05, 0) is 29.3 Å². The number of carbonyl (C=O) groups is 1. The van der Waals surface area contributed by atoms with Crippen molar-refractivity contribution in [1.82, 2.24) is 15.5 Å². The molecule has 7 nitrogen and oxygen atoms in total. The number of nitrogens with one attached hydrogen (secondary N) is 1. The van der Waals surface area contributed by atoms with Crippen LogP contribution in [0.1, 0.15) is 30.0 Å². The Hall–Kier alpha value is -3.11. The summed E-state index contributed by atoms with van der Waals surface area (Å²) in [5, 5.41) is 10.6. The van der Waals surface area contributed by atoms with Gasteiger partial charge in [-0.25, -0.2) is 0 Å². The van der Waals surface area contributed by atoms with Crippen molar-refractivity contribution in [3.05, 3.63) is 65.5 Å². The number of amides is 1. The molecular formula is C20H20ClF3N4O3. The van der Waals surface area contributed by atoms with E-state index in [-0.39, 0.29) is 35.7 Å². The van der Waals surface area contributed by atoms with Crippen LogP contribution in [0.25, 0.3) is 11.5 Å². The predicted octanol–water partition coefficient (Wildman–Crippen LogP) is 3.94. The number of nitrogens with zero attached hydrogens (tertiary/aromatic N) is 2. The molecule has 11 heteroatoms. The highest BCUT2D eigenvalue weighted by Gasteiger charge is 2.31. The van der Waals surface area contributed by atoms with E-state index < -0.39 is 18.2 Å². The standard InChI is InChI=1S/C20H19F3N4O3.ClH/c1-12(28)25-17(9-13-5-7-14(11-24)8-6-13)19-27-26-18(29-19)15-3-2-4-16(10-15)30-20(21,22)23;/h2-8,10,17H,9,11,24H2,1H3,(H,25,28);1H. The largest absolute Gasteiger partial charge is 0.573 e. The maximum atomic E-state index is 12.4. The first-order chi connectivity index (χ1) is 14.2. The van der Waals surface area contributed by atoms with E-state index in [2.05, 4.69) is 20.3 Å². The Bertz CT molecular complexity index is 1010. The second-order valence-corrected chi connectivity index (χ2v) is 6.50. The van der Waals surface area contributed by atoms with Gasteiger partial charge in [-0.1, -0.05) is 30.3 Å². The van der Waals surface area contributed by atoms with Gasteiger partial charge in [0.1, 0.15) is 11.8 Å². The van der Waals surface area contributed by atoms with Crippen LogP contribution < -0.4 is 15.8 Å². The zero-order valence-corrected chi connectivity index (χ0v) is 17.2. The zero-order chi connectivity index (χ0) is 21.7. The van der Waals surface area contributed by atoms with Crippen LogP contribution in [0.2, 0.25) is 0 Å². The lowest BCUT2D eigenvalue weighted by atomic mass is 10.0. The minimum Gasteiger partial charge on any atom is -0.418 e. The Labute approximate surface area is 182 Å². The summed E-state index contributed by atoms with van der Waals surface area (Å²) < 4.78 is 46.9. The van der Waals surface area contributed by atoms with Crippen LogP contribution in [-0.2, 0) is 17.8 Å². The molecule has 0 fully saturated rings. The second kappa shape index (κ2) is 10.3. The maximum Gasteiger partial charge on any atom is 0.573 e. The fourth-order valence-corrected chi connectivity index (χ4v) is 2.81. The first kappa shape index (κ1) is 24.2. The predicted molar refractivity (Wildman–Crippen MR) is 108 cm³/mol. The molecule has 1 unspecified atom stereocenters. The average molecular weight is 457 g/mol. The highest BCUT2D eigenvalue weighted by atomic mass is 35.5. The molecule has 1 atom stereocenters. The van der Waals surface area contributed by atoms with Crippen LogP contribution in [0.5, 0.6) is 5.75 Å². The third-order valence-electron chi connectivity index (χ3n) is 4.13. The number of benzene rings is 2. The molecule has 3 aromatic rings. The van der Waals surface area contributed by atoms with Crippen molar-refractivity contribution >= 4 is 18.3 Å². The van der Waals surface area contributed by atoms with E-state index >= 15 is 0 Å². The Kier molecular flexibility index (Phi) is 8.01. The zero-order valence-electron chi connectivity index (χ0n) is 16.3. The fourth-order valence-electron chi connectivity index (χ4n) is 2.81. The van der Waals surface area contributed by atoms with E-state index in [0.29, 0.717) is 13.0 Å². The second-order valence-electron chi connectivity index (χ2n) is 6.50. The third-order valence-corrected chi connectivity index (χ3v) is 4.13. The van der Waals surface area contributed by atoms with E-state index in [0.717, 1.165) is 17.2 Å². The summed E-state index contributed by atoms with van der Waals surface area (Å²) >= 11 is 0. The van der Waals surface area contributed by atoms with Crippen molar-refractivity contribution in [2.24, 2.45) is 5.73 Å². The molecule has 1 amide bonds. The smallest absolute Gasteiger partial charge is 0.418 e. The summed E-state index contributed by atoms with van der Waals surface area (Å²) in [7, 11) is 0. The van der Waals surface area contributed by atoms with Crippen LogP contribution in [0.4, 0.5) is 13.2 Å². The molecule has 3 N–H and O–H groups in total. The van der Waals surface area contributed by atoms with Gasteiger partial charge < -0.3 is 20.2 Å². The van der Waals surface area contributed by atoms with Crippen LogP contribution >= 0.6 is 12.4 Å². The molecule has 0 bridgehead atoms. The fraction of sp³-hybridized carbons (Fsp3) is 0.250. The van der Waals surface area contributed by atoms with Crippen molar-refractivity contribution in [2.75, 3.05) is 0 Å². The molecule has 1 aromatic heterocycles. The summed E-state index contributed by atoms with van der Waals surface area (Å²) in [6, 6.07) is 12.1. The highest BCUT2D eigenvalue weighted by molar-refractivity contribution is 5.85. The van der Waals surface area contributed by atoms with Gasteiger partial charge >= 0.3 is 6.36 Å². The van der Waals surface area contributed by atoms with Crippen molar-refractivity contribution in [3.8, 4) is 17.2 Å². The Morgan fingerprint density at radius 3 is 2.45 bits per heavy atom. The molecule has 31 heavy (non-hydrogen) atoms. The number of alkyl halides is 3. The normalized spacial score (nSPS) is 12.0. The number of hydrogen-bond donors (Lipinski definition) is 2. The molecule has 2 aromatic carbocycles. The summed E-state index contributed by atoms with van der Waals surface area (Å²) in [5.41, 5.74) is 7.73. The topological polar surface area (TPSA) is 103 Å². The van der Waals surface area contributed by atoms with Crippen molar-refractivity contribution < 1.29 is 27.1 Å². The van der Waals surface area contributed by atoms with Gasteiger partial charge in [0, 0.05) is 25.5 Å². The van der Waals surface area contributed by atoms with Gasteiger partial charge in [0.05, 0.1) is 0 Å². The molecule has 3 rings (SSSR count). The Morgan fingerprint density at radius 2 is 1.84 bits per heavy atom. The number of nitrogens with two attached hydrogens (primary N) is 1. The number of hydrogen-bond acceptors (Lipinski definition) is 6. The van der Waals surface area contributed by atoms with Gasteiger partial charge in [0.2, 0.25) is 17.7 Å². The van der Waals surface area contributed by atoms with Gasteiger partial charge in [-0.2, -0.15) is 0 Å². The van der Waals surface area contributed by atoms with Crippen LogP contribution in [-0.4, -0.2) is 22.5 Å². The molecule has 0 aliphatic rings. The monoisotopic (exact) mass is 456 g/mol. The Balaban J connectivity index is 0.00000341. The quantitative estimate of drug-likeness (QED) is 0.558. The van der Waals surface area contributed by atoms with Crippen molar-refractivity contribution in [3.63, 3.8) is 0 Å². The average Bonchev–Trinajstić information content (AvgIpc) is 3.17. The summed E-state index contributed by atoms with van der Waals surface area (Å²) in [4.78, 5) is 11.6. The highest BCUT2D eigenvalue weighted by Crippen LogP contribution is 2.28. The van der Waals surface area contributed by atoms with Gasteiger partial charge in [-0.15, -0.1) is 35.8 Å². The van der Waals surface area contributed by atoms with Crippen LogP contribution in [0, 0.1) is 0 Å². The molecule has 166 valence electrons. The van der Waals surface area contributed by atoms with E-state index in [4.69, 9.17) is 10.2 Å². The molecule has 0 spiro atoms. The van der Waals surface area contributed by atoms with Crippen LogP contribution in [0.3, 0.4) is 0 Å². The number of aromatic nitrogens is 2. The molecular weight excluding hydrogens is 437 g/mol. The minimum atomic E-state index is -4.81. The van der Waals surface area contributed by atoms with Crippen molar-refractivity contribution in [1.29, 1.82) is 0 Å². The number of carbonyl (C=O) groups excluding carboxylic acids is 1. The van der Waals surface area contributed by atoms with E-state index in [9.17, 15) is 18.0 Å². The summed E-state index contributed by atoms with van der Waals surface area (Å²) in [6.07, 6.45) is -4.43. The summed E-state index contributed by atoms with van der Waals surface area (Å²) in [5.74, 6) is -0.561. The Morgan fingerprint density at radius 1 is 1.16 bits per heavy atom. The molecule has 0 aliphatic heterocycles. The number of halogens is 4.